The molecule has 3 nitrogen and oxygen atoms in total. The molecule has 0 aliphatic carbocycles. The molecule has 3 aromatic rings. The summed E-state index contributed by atoms with van der Waals surface area (Å²) in [5, 5.41) is 1.42. The number of carbonyl (C=O) groups excluding carboxylic acids is 1. The molecular formula is C16H11ClINO2. The van der Waals surface area contributed by atoms with Crippen molar-refractivity contribution in [3.63, 3.8) is 0 Å². The van der Waals surface area contributed by atoms with E-state index in [1.807, 2.05) is 24.3 Å². The van der Waals surface area contributed by atoms with E-state index in [2.05, 4.69) is 27.6 Å². The van der Waals surface area contributed by atoms with Gasteiger partial charge in [-0.3, -0.25) is 4.79 Å². The summed E-state index contributed by atoms with van der Waals surface area (Å²) in [6, 6.07) is 10.9. The van der Waals surface area contributed by atoms with Crippen LogP contribution in [-0.2, 0) is 0 Å². The molecule has 0 aliphatic heterocycles. The number of halogens is 2. The van der Waals surface area contributed by atoms with Crippen LogP contribution in [0.15, 0.2) is 42.6 Å². The minimum atomic E-state index is -0.0622. The first-order valence-corrected chi connectivity index (χ1v) is 7.70. The Labute approximate surface area is 140 Å². The third kappa shape index (κ3) is 2.65. The number of fused-ring (bicyclic) bond motifs is 1. The van der Waals surface area contributed by atoms with E-state index in [1.165, 1.54) is 0 Å². The molecule has 0 amide bonds. The van der Waals surface area contributed by atoms with E-state index in [1.54, 1.807) is 25.4 Å². The molecule has 1 aromatic heterocycles. The first-order valence-electron chi connectivity index (χ1n) is 6.25. The van der Waals surface area contributed by atoms with Gasteiger partial charge in [0.25, 0.3) is 0 Å². The predicted octanol–water partition coefficient (Wildman–Crippen LogP) is 4.67. The molecule has 0 atom stereocenters. The van der Waals surface area contributed by atoms with Gasteiger partial charge in [0.15, 0.2) is 5.78 Å². The number of nitrogens with one attached hydrogen (secondary N) is 1. The molecule has 1 N–H and O–H groups in total. The van der Waals surface area contributed by atoms with Gasteiger partial charge in [-0.2, -0.15) is 0 Å². The fourth-order valence-corrected chi connectivity index (χ4v) is 2.72. The Kier molecular flexibility index (Phi) is 3.91. The van der Waals surface area contributed by atoms with Crippen LogP contribution in [0.2, 0.25) is 5.02 Å². The second kappa shape index (κ2) is 5.69. The first-order chi connectivity index (χ1) is 10.1. The number of methoxy groups -OCH3 is 1. The Morgan fingerprint density at radius 2 is 2.05 bits per heavy atom. The number of ether oxygens (including phenoxy) is 1. The second-order valence-corrected chi connectivity index (χ2v) is 6.14. The number of benzene rings is 2. The lowest BCUT2D eigenvalue weighted by atomic mass is 10.0. The quantitative estimate of drug-likeness (QED) is 0.503. The van der Waals surface area contributed by atoms with E-state index in [-0.39, 0.29) is 5.78 Å². The number of aromatic amines is 1. The van der Waals surface area contributed by atoms with Gasteiger partial charge in [-0.25, -0.2) is 0 Å². The van der Waals surface area contributed by atoms with E-state index >= 15 is 0 Å². The lowest BCUT2D eigenvalue weighted by Gasteiger charge is -2.03. The molecule has 0 aliphatic rings. The number of aromatic nitrogens is 1. The highest BCUT2D eigenvalue weighted by Crippen LogP contribution is 2.27. The molecule has 0 fully saturated rings. The van der Waals surface area contributed by atoms with Gasteiger partial charge in [0, 0.05) is 31.8 Å². The number of rotatable bonds is 3. The highest BCUT2D eigenvalue weighted by atomic mass is 127. The van der Waals surface area contributed by atoms with Crippen LogP contribution in [0, 0.1) is 3.57 Å². The van der Waals surface area contributed by atoms with Crippen molar-refractivity contribution in [1.82, 2.24) is 4.98 Å². The summed E-state index contributed by atoms with van der Waals surface area (Å²) in [7, 11) is 1.61. The zero-order valence-electron chi connectivity index (χ0n) is 11.1. The third-order valence-corrected chi connectivity index (χ3v) is 4.89. The van der Waals surface area contributed by atoms with Crippen LogP contribution in [0.25, 0.3) is 10.9 Å². The lowest BCUT2D eigenvalue weighted by molar-refractivity contribution is 0.104. The maximum Gasteiger partial charge on any atom is 0.195 e. The standard InChI is InChI=1S/C16H11ClINO2/c1-21-10-3-5-15-11(7-10)12(8-19-15)16(20)9-2-4-14(18)13(17)6-9/h2-8,19H,1H3. The average Bonchev–Trinajstić information content (AvgIpc) is 2.92. The molecule has 0 unspecified atom stereocenters. The van der Waals surface area contributed by atoms with Crippen LogP contribution in [0.4, 0.5) is 0 Å². The predicted molar refractivity (Wildman–Crippen MR) is 92.5 cm³/mol. The Balaban J connectivity index is 2.10. The maximum atomic E-state index is 12.7. The van der Waals surface area contributed by atoms with Crippen LogP contribution in [0.3, 0.4) is 0 Å². The van der Waals surface area contributed by atoms with Crippen molar-refractivity contribution < 1.29 is 9.53 Å². The van der Waals surface area contributed by atoms with E-state index in [0.717, 1.165) is 20.2 Å². The zero-order chi connectivity index (χ0) is 15.0. The van der Waals surface area contributed by atoms with Crippen LogP contribution < -0.4 is 4.74 Å². The number of hydrogen-bond acceptors (Lipinski definition) is 2. The van der Waals surface area contributed by atoms with Gasteiger partial charge in [-0.1, -0.05) is 11.6 Å². The Morgan fingerprint density at radius 3 is 2.76 bits per heavy atom. The average molecular weight is 412 g/mol. The number of hydrogen-bond donors (Lipinski definition) is 1. The second-order valence-electron chi connectivity index (χ2n) is 4.57. The molecule has 0 saturated carbocycles. The first kappa shape index (κ1) is 14.4. The van der Waals surface area contributed by atoms with Gasteiger partial charge in [0.2, 0.25) is 0 Å². The molecule has 1 heterocycles. The van der Waals surface area contributed by atoms with Crippen molar-refractivity contribution >= 4 is 50.9 Å². The minimum absolute atomic E-state index is 0.0622. The molecule has 0 bridgehead atoms. The fraction of sp³-hybridized carbons (Fsp3) is 0.0625. The molecule has 0 radical (unpaired) electrons. The van der Waals surface area contributed by atoms with E-state index in [0.29, 0.717) is 16.1 Å². The van der Waals surface area contributed by atoms with Gasteiger partial charge >= 0.3 is 0 Å². The van der Waals surface area contributed by atoms with Gasteiger partial charge in [0.1, 0.15) is 5.75 Å². The van der Waals surface area contributed by atoms with Crippen LogP contribution in [-0.4, -0.2) is 17.9 Å². The molecule has 0 saturated heterocycles. The van der Waals surface area contributed by atoms with E-state index in [4.69, 9.17) is 16.3 Å². The minimum Gasteiger partial charge on any atom is -0.497 e. The highest BCUT2D eigenvalue weighted by Gasteiger charge is 2.15. The zero-order valence-corrected chi connectivity index (χ0v) is 14.0. The summed E-state index contributed by atoms with van der Waals surface area (Å²) in [6.07, 6.45) is 1.72. The Morgan fingerprint density at radius 1 is 1.24 bits per heavy atom. The van der Waals surface area contributed by atoms with Gasteiger partial charge in [-0.05, 0) is 59.0 Å². The largest absolute Gasteiger partial charge is 0.497 e. The van der Waals surface area contributed by atoms with E-state index in [9.17, 15) is 4.79 Å². The van der Waals surface area contributed by atoms with E-state index < -0.39 is 0 Å². The monoisotopic (exact) mass is 411 g/mol. The van der Waals surface area contributed by atoms with Crippen LogP contribution in [0.5, 0.6) is 5.75 Å². The molecule has 106 valence electrons. The van der Waals surface area contributed by atoms with Crippen molar-refractivity contribution in [1.29, 1.82) is 0 Å². The molecule has 2 aromatic carbocycles. The fourth-order valence-electron chi connectivity index (χ4n) is 2.21. The number of ketones is 1. The van der Waals surface area contributed by atoms with Crippen molar-refractivity contribution in [3.8, 4) is 5.75 Å². The number of carbonyl (C=O) groups is 1. The van der Waals surface area contributed by atoms with Crippen molar-refractivity contribution in [2.24, 2.45) is 0 Å². The highest BCUT2D eigenvalue weighted by molar-refractivity contribution is 14.1. The number of H-pyrrole nitrogens is 1. The summed E-state index contributed by atoms with van der Waals surface area (Å²) >= 11 is 8.23. The molecule has 0 spiro atoms. The van der Waals surface area contributed by atoms with Gasteiger partial charge in [0.05, 0.1) is 12.1 Å². The summed E-state index contributed by atoms with van der Waals surface area (Å²) in [4.78, 5) is 15.8. The maximum absolute atomic E-state index is 12.7. The van der Waals surface area contributed by atoms with Crippen molar-refractivity contribution in [2.75, 3.05) is 7.11 Å². The lowest BCUT2D eigenvalue weighted by Crippen LogP contribution is -2.00. The molecule has 21 heavy (non-hydrogen) atoms. The van der Waals surface area contributed by atoms with Crippen molar-refractivity contribution in [2.45, 2.75) is 0 Å². The topological polar surface area (TPSA) is 42.1 Å². The normalized spacial score (nSPS) is 10.8. The van der Waals surface area contributed by atoms with Crippen LogP contribution >= 0.6 is 34.2 Å². The van der Waals surface area contributed by atoms with Gasteiger partial charge < -0.3 is 9.72 Å². The smallest absolute Gasteiger partial charge is 0.195 e. The summed E-state index contributed by atoms with van der Waals surface area (Å²) in [5.74, 6) is 0.657. The molecular weight excluding hydrogens is 401 g/mol. The molecule has 5 heteroatoms. The third-order valence-electron chi connectivity index (χ3n) is 3.32. The Bertz CT molecular complexity index is 841. The summed E-state index contributed by atoms with van der Waals surface area (Å²) in [6.45, 7) is 0. The summed E-state index contributed by atoms with van der Waals surface area (Å²) < 4.78 is 6.14. The molecule has 3 rings (SSSR count). The SMILES string of the molecule is COc1ccc2[nH]cc(C(=O)c3ccc(I)c(Cl)c3)c2c1. The summed E-state index contributed by atoms with van der Waals surface area (Å²) in [5.41, 5.74) is 2.08. The Hall–Kier alpha value is -1.53. The van der Waals surface area contributed by atoms with Crippen molar-refractivity contribution in [3.05, 3.63) is 62.3 Å². The van der Waals surface area contributed by atoms with Gasteiger partial charge in [-0.15, -0.1) is 0 Å². The van der Waals surface area contributed by atoms with Crippen LogP contribution in [0.1, 0.15) is 15.9 Å².